The molecule has 2 heterocycles. The Morgan fingerprint density at radius 3 is 2.50 bits per heavy atom. The molecule has 1 fully saturated rings. The lowest BCUT2D eigenvalue weighted by molar-refractivity contribution is 0.255. The van der Waals surface area contributed by atoms with E-state index >= 15 is 0 Å². The molecule has 0 bridgehead atoms. The van der Waals surface area contributed by atoms with Gasteiger partial charge in [-0.3, -0.25) is 0 Å². The van der Waals surface area contributed by atoms with Crippen LogP contribution in [0.25, 0.3) is 11.0 Å². The summed E-state index contributed by atoms with van der Waals surface area (Å²) in [6.45, 7) is 1.83. The van der Waals surface area contributed by atoms with Gasteiger partial charge in [0.2, 0.25) is 5.95 Å². The lowest BCUT2D eigenvalue weighted by Gasteiger charge is -2.26. The first kappa shape index (κ1) is 16.7. The van der Waals surface area contributed by atoms with Gasteiger partial charge < -0.3 is 9.88 Å². The largest absolute Gasteiger partial charge is 0.317 e. The van der Waals surface area contributed by atoms with Crippen LogP contribution in [0.3, 0.4) is 0 Å². The van der Waals surface area contributed by atoms with E-state index in [0.29, 0.717) is 17.2 Å². The third-order valence-electron chi connectivity index (χ3n) is 4.48. The summed E-state index contributed by atoms with van der Waals surface area (Å²) in [5.74, 6) is -0.158. The monoisotopic (exact) mass is 359 g/mol. The number of fused-ring (bicyclic) bond motifs is 1. The third kappa shape index (κ3) is 3.47. The molecule has 2 aromatic carbocycles. The predicted molar refractivity (Wildman–Crippen MR) is 95.6 cm³/mol. The van der Waals surface area contributed by atoms with Gasteiger partial charge in [-0.2, -0.15) is 4.94 Å². The Hall–Kier alpha value is -2.71. The Morgan fingerprint density at radius 2 is 1.73 bits per heavy atom. The van der Waals surface area contributed by atoms with Gasteiger partial charge in [0.05, 0.1) is 16.7 Å². The number of rotatable bonds is 5. The second-order valence-electron chi connectivity index (χ2n) is 6.23. The van der Waals surface area contributed by atoms with E-state index < -0.39 is 0 Å². The molecule has 3 N–H and O–H groups in total. The van der Waals surface area contributed by atoms with E-state index in [-0.39, 0.29) is 17.7 Å². The van der Waals surface area contributed by atoms with Crippen molar-refractivity contribution in [1.82, 2.24) is 14.9 Å². The highest BCUT2D eigenvalue weighted by atomic mass is 19.1. The first-order chi connectivity index (χ1) is 12.7. The number of benzene rings is 2. The third-order valence-corrected chi connectivity index (χ3v) is 4.48. The minimum absolute atomic E-state index is 0.239. The van der Waals surface area contributed by atoms with Crippen molar-refractivity contribution in [1.29, 1.82) is 0 Å². The first-order valence-electron chi connectivity index (χ1n) is 8.52. The maximum atomic E-state index is 13.6. The molecule has 1 saturated heterocycles. The standard InChI is InChI=1S/C18H19F2N5O/c19-12-1-4-14(5-2-12)23-26-24-18-22-16-11-13(20)3-6-17(16)25(18)15-7-9-21-10-8-15/h1-6,11,15,21,23H,7-10H2,(H,22,24). The second kappa shape index (κ2) is 7.27. The fourth-order valence-electron chi connectivity index (χ4n) is 3.23. The number of nitrogens with zero attached hydrogens (tertiary/aromatic N) is 2. The summed E-state index contributed by atoms with van der Waals surface area (Å²) in [4.78, 5) is 9.78. The molecular weight excluding hydrogens is 340 g/mol. The molecule has 1 aliphatic rings. The normalized spacial score (nSPS) is 15.3. The van der Waals surface area contributed by atoms with Crippen LogP contribution in [0.4, 0.5) is 20.4 Å². The Morgan fingerprint density at radius 1 is 1.00 bits per heavy atom. The Kier molecular flexibility index (Phi) is 4.68. The topological polar surface area (TPSA) is 63.1 Å². The number of piperidine rings is 1. The van der Waals surface area contributed by atoms with Gasteiger partial charge in [-0.1, -0.05) is 0 Å². The van der Waals surface area contributed by atoms with Crippen molar-refractivity contribution < 1.29 is 13.7 Å². The van der Waals surface area contributed by atoms with E-state index in [0.717, 1.165) is 31.4 Å². The van der Waals surface area contributed by atoms with Crippen LogP contribution in [0.1, 0.15) is 18.9 Å². The van der Waals surface area contributed by atoms with Crippen LogP contribution in [-0.4, -0.2) is 22.6 Å². The van der Waals surface area contributed by atoms with Crippen molar-refractivity contribution >= 4 is 22.7 Å². The van der Waals surface area contributed by atoms with Crippen molar-refractivity contribution in [3.63, 3.8) is 0 Å². The summed E-state index contributed by atoms with van der Waals surface area (Å²) in [6, 6.07) is 10.6. The van der Waals surface area contributed by atoms with Crippen LogP contribution >= 0.6 is 0 Å². The van der Waals surface area contributed by atoms with Crippen LogP contribution in [0.15, 0.2) is 42.5 Å². The molecule has 6 nitrogen and oxygen atoms in total. The molecule has 3 aromatic rings. The Balaban J connectivity index is 1.57. The summed E-state index contributed by atoms with van der Waals surface area (Å²) < 4.78 is 28.6. The zero-order valence-corrected chi connectivity index (χ0v) is 14.0. The predicted octanol–water partition coefficient (Wildman–Crippen LogP) is 3.61. The van der Waals surface area contributed by atoms with E-state index in [9.17, 15) is 8.78 Å². The fraction of sp³-hybridized carbons (Fsp3) is 0.278. The minimum Gasteiger partial charge on any atom is -0.317 e. The Labute approximate surface area is 149 Å². The zero-order chi connectivity index (χ0) is 17.9. The summed E-state index contributed by atoms with van der Waals surface area (Å²) in [6.07, 6.45) is 1.89. The average molecular weight is 359 g/mol. The minimum atomic E-state index is -0.329. The molecule has 0 unspecified atom stereocenters. The van der Waals surface area contributed by atoms with Gasteiger partial charge in [0.15, 0.2) is 0 Å². The van der Waals surface area contributed by atoms with Gasteiger partial charge in [-0.25, -0.2) is 24.7 Å². The van der Waals surface area contributed by atoms with Crippen molar-refractivity contribution in [3.8, 4) is 0 Å². The summed E-state index contributed by atoms with van der Waals surface area (Å²) in [7, 11) is 0. The van der Waals surface area contributed by atoms with Gasteiger partial charge >= 0.3 is 0 Å². The molecule has 136 valence electrons. The molecule has 1 aliphatic heterocycles. The highest BCUT2D eigenvalue weighted by molar-refractivity contribution is 5.78. The molecule has 1 aromatic heterocycles. The van der Waals surface area contributed by atoms with Gasteiger partial charge in [-0.15, -0.1) is 0 Å². The summed E-state index contributed by atoms with van der Waals surface area (Å²) in [5.41, 5.74) is 7.49. The molecule has 0 aliphatic carbocycles. The number of aromatic nitrogens is 2. The number of nitrogens with one attached hydrogen (secondary N) is 3. The lowest BCUT2D eigenvalue weighted by Crippen LogP contribution is -2.30. The first-order valence-corrected chi connectivity index (χ1v) is 8.52. The van der Waals surface area contributed by atoms with Crippen LogP contribution in [-0.2, 0) is 4.94 Å². The highest BCUT2D eigenvalue weighted by Gasteiger charge is 2.21. The number of anilines is 2. The van der Waals surface area contributed by atoms with Crippen LogP contribution in [0, 0.1) is 11.6 Å². The van der Waals surface area contributed by atoms with Gasteiger partial charge in [0.1, 0.15) is 11.6 Å². The van der Waals surface area contributed by atoms with Crippen molar-refractivity contribution in [2.24, 2.45) is 0 Å². The number of hydrogen-bond acceptors (Lipinski definition) is 5. The molecule has 4 rings (SSSR count). The van der Waals surface area contributed by atoms with E-state index in [2.05, 4.69) is 21.3 Å². The van der Waals surface area contributed by atoms with Crippen LogP contribution in [0.2, 0.25) is 0 Å². The van der Waals surface area contributed by atoms with Crippen molar-refractivity contribution in [2.75, 3.05) is 24.0 Å². The van der Waals surface area contributed by atoms with Gasteiger partial charge in [-0.05, 0) is 62.3 Å². The molecular formula is C18H19F2N5O. The van der Waals surface area contributed by atoms with E-state index in [1.807, 2.05) is 4.57 Å². The molecule has 0 radical (unpaired) electrons. The maximum absolute atomic E-state index is 13.6. The zero-order valence-electron chi connectivity index (χ0n) is 14.0. The lowest BCUT2D eigenvalue weighted by atomic mass is 10.1. The maximum Gasteiger partial charge on any atom is 0.230 e. The van der Waals surface area contributed by atoms with Crippen LogP contribution < -0.4 is 16.3 Å². The van der Waals surface area contributed by atoms with Crippen molar-refractivity contribution in [3.05, 3.63) is 54.1 Å². The second-order valence-corrected chi connectivity index (χ2v) is 6.23. The SMILES string of the molecule is Fc1ccc(NONc2nc3cc(F)ccc3n2C2CCNCC2)cc1. The molecule has 0 spiro atoms. The molecule has 0 amide bonds. The van der Waals surface area contributed by atoms with Crippen molar-refractivity contribution in [2.45, 2.75) is 18.9 Å². The highest BCUT2D eigenvalue weighted by Crippen LogP contribution is 2.29. The van der Waals surface area contributed by atoms with Gasteiger partial charge in [0, 0.05) is 12.1 Å². The fourth-order valence-corrected chi connectivity index (χ4v) is 3.23. The smallest absolute Gasteiger partial charge is 0.230 e. The molecule has 26 heavy (non-hydrogen) atoms. The summed E-state index contributed by atoms with van der Waals surface area (Å²) >= 11 is 0. The molecule has 0 saturated carbocycles. The number of imidazole rings is 1. The average Bonchev–Trinajstić information content (AvgIpc) is 3.01. The number of halogens is 2. The van der Waals surface area contributed by atoms with E-state index in [1.54, 1.807) is 18.2 Å². The number of hydrogen-bond donors (Lipinski definition) is 3. The molecule has 0 atom stereocenters. The van der Waals surface area contributed by atoms with Gasteiger partial charge in [0.25, 0.3) is 0 Å². The van der Waals surface area contributed by atoms with Crippen LogP contribution in [0.5, 0.6) is 0 Å². The van der Waals surface area contributed by atoms with E-state index in [4.69, 9.17) is 4.94 Å². The Bertz CT molecular complexity index is 890. The quantitative estimate of drug-likeness (QED) is 0.608. The molecule has 8 heteroatoms. The van der Waals surface area contributed by atoms with E-state index in [1.165, 1.54) is 24.3 Å². The summed E-state index contributed by atoms with van der Waals surface area (Å²) in [5, 5.41) is 3.33.